The Bertz CT molecular complexity index is 1250. The van der Waals surface area contributed by atoms with Crippen LogP contribution in [0.25, 0.3) is 0 Å². The first-order valence-electron chi connectivity index (χ1n) is 9.17. The second kappa shape index (κ2) is 9.67. The Morgan fingerprint density at radius 1 is 1.06 bits per heavy atom. The largest absolute Gasteiger partial charge is 0.573 e. The van der Waals surface area contributed by atoms with Crippen LogP contribution in [0.4, 0.5) is 13.2 Å². The molecule has 1 heterocycles. The van der Waals surface area contributed by atoms with E-state index in [4.69, 9.17) is 16.3 Å². The highest BCUT2D eigenvalue weighted by atomic mass is 35.5. The number of alkyl halides is 3. The van der Waals surface area contributed by atoms with Gasteiger partial charge in [0, 0.05) is 30.1 Å². The highest BCUT2D eigenvalue weighted by molar-refractivity contribution is 7.90. The molecule has 1 aromatic heterocycles. The van der Waals surface area contributed by atoms with E-state index < -0.39 is 22.1 Å². The minimum atomic E-state index is -4.79. The SMILES string of the molecule is CS(=O)(=O)c1ccc(CNC(=O)c2ccc(Oc3ccc(OC(F)(F)F)cc3)nc2)c(Cl)c1. The van der Waals surface area contributed by atoms with Crippen LogP contribution in [-0.4, -0.2) is 31.9 Å². The third kappa shape index (κ3) is 7.09. The van der Waals surface area contributed by atoms with Crippen LogP contribution in [0.5, 0.6) is 17.4 Å². The Labute approximate surface area is 192 Å². The first-order valence-corrected chi connectivity index (χ1v) is 11.4. The van der Waals surface area contributed by atoms with Gasteiger partial charge < -0.3 is 14.8 Å². The summed E-state index contributed by atoms with van der Waals surface area (Å²) in [6.45, 7) is 0.0618. The van der Waals surface area contributed by atoms with Crippen molar-refractivity contribution >= 4 is 27.3 Å². The van der Waals surface area contributed by atoms with Crippen LogP contribution >= 0.6 is 11.6 Å². The smallest absolute Gasteiger partial charge is 0.439 e. The predicted octanol–water partition coefficient (Wildman–Crippen LogP) is 4.76. The summed E-state index contributed by atoms with van der Waals surface area (Å²) in [6.07, 6.45) is -2.46. The zero-order valence-corrected chi connectivity index (χ0v) is 18.5. The lowest BCUT2D eigenvalue weighted by molar-refractivity contribution is -0.274. The standard InChI is InChI=1S/C21H16ClF3N2O5S/c1-33(29,30)17-8-2-13(18(22)10-17)11-27-20(28)14-3-9-19(26-12-14)31-15-4-6-16(7-5-15)32-21(23,24)25/h2-10,12H,11H2,1H3,(H,27,28). The minimum Gasteiger partial charge on any atom is -0.439 e. The van der Waals surface area contributed by atoms with Crippen molar-refractivity contribution in [2.24, 2.45) is 0 Å². The number of amides is 1. The number of benzene rings is 2. The van der Waals surface area contributed by atoms with Gasteiger partial charge in [-0.25, -0.2) is 13.4 Å². The summed E-state index contributed by atoms with van der Waals surface area (Å²) >= 11 is 6.10. The molecule has 0 aliphatic rings. The van der Waals surface area contributed by atoms with Gasteiger partial charge >= 0.3 is 6.36 Å². The Morgan fingerprint density at radius 3 is 2.27 bits per heavy atom. The van der Waals surface area contributed by atoms with Crippen molar-refractivity contribution in [1.29, 1.82) is 0 Å². The van der Waals surface area contributed by atoms with Gasteiger partial charge in [-0.15, -0.1) is 13.2 Å². The van der Waals surface area contributed by atoms with Gasteiger partial charge in [0.25, 0.3) is 5.91 Å². The molecule has 1 amide bonds. The average Bonchev–Trinajstić information content (AvgIpc) is 2.73. The van der Waals surface area contributed by atoms with Crippen LogP contribution in [0.15, 0.2) is 65.7 Å². The first-order chi connectivity index (χ1) is 15.4. The number of nitrogens with zero attached hydrogens (tertiary/aromatic N) is 1. The highest BCUT2D eigenvalue weighted by Crippen LogP contribution is 2.27. The topological polar surface area (TPSA) is 94.6 Å². The van der Waals surface area contributed by atoms with Gasteiger partial charge in [0.05, 0.1) is 10.5 Å². The fraction of sp³-hybridized carbons (Fsp3) is 0.143. The van der Waals surface area contributed by atoms with E-state index in [1.807, 2.05) is 0 Å². The molecule has 0 aliphatic heterocycles. The molecule has 33 heavy (non-hydrogen) atoms. The van der Waals surface area contributed by atoms with Crippen LogP contribution in [-0.2, 0) is 16.4 Å². The molecule has 0 radical (unpaired) electrons. The molecular formula is C21H16ClF3N2O5S. The van der Waals surface area contributed by atoms with Crippen LogP contribution in [0.2, 0.25) is 5.02 Å². The third-order valence-corrected chi connectivity index (χ3v) is 5.63. The van der Waals surface area contributed by atoms with Gasteiger partial charge in [-0.3, -0.25) is 4.79 Å². The number of aromatic nitrogens is 1. The van der Waals surface area contributed by atoms with Crippen molar-refractivity contribution in [3.05, 3.63) is 76.9 Å². The minimum absolute atomic E-state index is 0.0618. The van der Waals surface area contributed by atoms with Crippen LogP contribution in [0.1, 0.15) is 15.9 Å². The fourth-order valence-electron chi connectivity index (χ4n) is 2.58. The quantitative estimate of drug-likeness (QED) is 0.502. The number of halogens is 4. The molecule has 0 bridgehead atoms. The molecule has 0 saturated heterocycles. The normalized spacial score (nSPS) is 11.7. The van der Waals surface area contributed by atoms with Crippen molar-refractivity contribution in [2.75, 3.05) is 6.26 Å². The molecule has 0 fully saturated rings. The lowest BCUT2D eigenvalue weighted by Crippen LogP contribution is -2.23. The van der Waals surface area contributed by atoms with Gasteiger partial charge in [0.15, 0.2) is 9.84 Å². The van der Waals surface area contributed by atoms with Gasteiger partial charge in [0.2, 0.25) is 5.88 Å². The Balaban J connectivity index is 1.58. The molecule has 2 aromatic carbocycles. The lowest BCUT2D eigenvalue weighted by Gasteiger charge is -2.10. The number of nitrogens with one attached hydrogen (secondary N) is 1. The molecule has 12 heteroatoms. The second-order valence-corrected chi connectivity index (χ2v) is 9.14. The molecular weight excluding hydrogens is 485 g/mol. The summed E-state index contributed by atoms with van der Waals surface area (Å²) in [5.41, 5.74) is 0.753. The van der Waals surface area contributed by atoms with Gasteiger partial charge in [-0.2, -0.15) is 0 Å². The van der Waals surface area contributed by atoms with E-state index in [1.165, 1.54) is 48.7 Å². The third-order valence-electron chi connectivity index (χ3n) is 4.17. The number of pyridine rings is 1. The van der Waals surface area contributed by atoms with Crippen LogP contribution in [0.3, 0.4) is 0 Å². The highest BCUT2D eigenvalue weighted by Gasteiger charge is 2.31. The molecule has 174 valence electrons. The Morgan fingerprint density at radius 2 is 1.73 bits per heavy atom. The monoisotopic (exact) mass is 500 g/mol. The fourth-order valence-corrected chi connectivity index (χ4v) is 3.54. The van der Waals surface area contributed by atoms with Crippen molar-refractivity contribution in [3.63, 3.8) is 0 Å². The van der Waals surface area contributed by atoms with E-state index in [0.717, 1.165) is 18.4 Å². The summed E-state index contributed by atoms with van der Waals surface area (Å²) < 4.78 is 68.9. The van der Waals surface area contributed by atoms with Crippen LogP contribution in [0, 0.1) is 0 Å². The van der Waals surface area contributed by atoms with E-state index in [2.05, 4.69) is 15.0 Å². The number of sulfone groups is 1. The molecule has 3 rings (SSSR count). The summed E-state index contributed by atoms with van der Waals surface area (Å²) in [5, 5.41) is 2.85. The summed E-state index contributed by atoms with van der Waals surface area (Å²) in [7, 11) is -3.40. The maximum atomic E-state index is 12.3. The molecule has 0 spiro atoms. The van der Waals surface area contributed by atoms with Gasteiger partial charge in [-0.05, 0) is 48.0 Å². The van der Waals surface area contributed by atoms with Gasteiger partial charge in [0.1, 0.15) is 11.5 Å². The van der Waals surface area contributed by atoms with E-state index in [9.17, 15) is 26.4 Å². The number of hydrogen-bond acceptors (Lipinski definition) is 6. The Kier molecular flexibility index (Phi) is 7.13. The summed E-state index contributed by atoms with van der Waals surface area (Å²) in [4.78, 5) is 16.4. The Hall–Kier alpha value is -3.31. The summed E-state index contributed by atoms with van der Waals surface area (Å²) in [5.74, 6) is -0.497. The zero-order valence-electron chi connectivity index (χ0n) is 16.9. The van der Waals surface area contributed by atoms with Crippen LogP contribution < -0.4 is 14.8 Å². The van der Waals surface area contributed by atoms with Crippen molar-refractivity contribution < 1.29 is 35.9 Å². The molecule has 7 nitrogen and oxygen atoms in total. The molecule has 0 atom stereocenters. The van der Waals surface area contributed by atoms with Crippen molar-refractivity contribution in [1.82, 2.24) is 10.3 Å². The molecule has 3 aromatic rings. The maximum absolute atomic E-state index is 12.3. The first kappa shape index (κ1) is 24.3. The maximum Gasteiger partial charge on any atom is 0.573 e. The number of carbonyl (C=O) groups excluding carboxylic acids is 1. The molecule has 0 saturated carbocycles. The van der Waals surface area contributed by atoms with E-state index in [-0.39, 0.29) is 39.4 Å². The van der Waals surface area contributed by atoms with Crippen molar-refractivity contribution in [2.45, 2.75) is 17.8 Å². The van der Waals surface area contributed by atoms with Gasteiger partial charge in [-0.1, -0.05) is 17.7 Å². The second-order valence-electron chi connectivity index (χ2n) is 6.71. The van der Waals surface area contributed by atoms with E-state index in [0.29, 0.717) is 5.56 Å². The molecule has 1 N–H and O–H groups in total. The number of hydrogen-bond donors (Lipinski definition) is 1. The van der Waals surface area contributed by atoms with E-state index >= 15 is 0 Å². The number of ether oxygens (including phenoxy) is 2. The van der Waals surface area contributed by atoms with E-state index in [1.54, 1.807) is 0 Å². The predicted molar refractivity (Wildman–Crippen MR) is 113 cm³/mol. The molecule has 0 unspecified atom stereocenters. The number of carbonyl (C=O) groups is 1. The lowest BCUT2D eigenvalue weighted by atomic mass is 10.2. The summed E-state index contributed by atoms with van der Waals surface area (Å²) in [6, 6.07) is 11.8. The zero-order chi connectivity index (χ0) is 24.2. The number of rotatable bonds is 7. The van der Waals surface area contributed by atoms with Crippen molar-refractivity contribution in [3.8, 4) is 17.4 Å². The molecule has 0 aliphatic carbocycles. The average molecular weight is 501 g/mol.